The molecule has 2 aliphatic carbocycles. The molecule has 0 atom stereocenters. The Morgan fingerprint density at radius 1 is 0.559 bits per heavy atom. The quantitative estimate of drug-likeness (QED) is 0.533. The third kappa shape index (κ3) is 5.06. The summed E-state index contributed by atoms with van der Waals surface area (Å²) in [5.41, 5.74) is 8.68. The van der Waals surface area contributed by atoms with Crippen LogP contribution in [0, 0.1) is 0 Å². The summed E-state index contributed by atoms with van der Waals surface area (Å²) < 4.78 is 0. The second-order valence-electron chi connectivity index (χ2n) is 9.53. The lowest BCUT2D eigenvalue weighted by molar-refractivity contribution is 0.0916. The molecule has 34 heavy (non-hydrogen) atoms. The lowest BCUT2D eigenvalue weighted by Gasteiger charge is -2.17. The monoisotopic (exact) mass is 452 g/mol. The number of fused-ring (bicyclic) bond motifs is 2. The van der Waals surface area contributed by atoms with E-state index in [0.717, 1.165) is 36.8 Å². The van der Waals surface area contributed by atoms with Crippen LogP contribution in [-0.2, 0) is 38.8 Å². The number of nitrogens with one attached hydrogen (secondary N) is 2. The highest BCUT2D eigenvalue weighted by Crippen LogP contribution is 2.23. The van der Waals surface area contributed by atoms with Crippen molar-refractivity contribution in [3.8, 4) is 0 Å². The Hall–Kier alpha value is -3.40. The van der Waals surface area contributed by atoms with E-state index in [1.54, 1.807) is 24.3 Å². The van der Waals surface area contributed by atoms with Gasteiger partial charge in [0.15, 0.2) is 0 Å². The highest BCUT2D eigenvalue weighted by Gasteiger charge is 2.17. The van der Waals surface area contributed by atoms with Crippen molar-refractivity contribution < 1.29 is 9.59 Å². The molecule has 0 unspecified atom stereocenters. The van der Waals surface area contributed by atoms with E-state index in [0.29, 0.717) is 24.2 Å². The van der Waals surface area contributed by atoms with Crippen LogP contribution in [0.3, 0.4) is 0 Å². The van der Waals surface area contributed by atoms with Gasteiger partial charge in [-0.1, -0.05) is 48.5 Å². The molecular formula is C30H32N2O2. The Labute approximate surface area is 201 Å². The highest BCUT2D eigenvalue weighted by molar-refractivity contribution is 6.07. The van der Waals surface area contributed by atoms with Gasteiger partial charge in [0.05, 0.1) is 11.1 Å². The molecule has 4 nitrogen and oxygen atoms in total. The van der Waals surface area contributed by atoms with Crippen molar-refractivity contribution in [3.63, 3.8) is 0 Å². The molecule has 2 amide bonds. The minimum absolute atomic E-state index is 0.225. The number of amides is 2. The van der Waals surface area contributed by atoms with Gasteiger partial charge in [-0.3, -0.25) is 9.59 Å². The number of rotatable bonds is 6. The first kappa shape index (κ1) is 22.4. The van der Waals surface area contributed by atoms with Crippen LogP contribution in [0.25, 0.3) is 0 Å². The Kier molecular flexibility index (Phi) is 6.75. The number of hydrogen-bond acceptors (Lipinski definition) is 2. The maximum Gasteiger partial charge on any atom is 0.252 e. The number of aryl methyl sites for hydroxylation is 4. The van der Waals surface area contributed by atoms with Crippen molar-refractivity contribution in [2.75, 3.05) is 0 Å². The fourth-order valence-electron chi connectivity index (χ4n) is 5.23. The first-order valence-electron chi connectivity index (χ1n) is 12.5. The maximum absolute atomic E-state index is 13.0. The third-order valence-electron chi connectivity index (χ3n) is 7.15. The van der Waals surface area contributed by atoms with Gasteiger partial charge in [0.1, 0.15) is 0 Å². The van der Waals surface area contributed by atoms with Crippen LogP contribution in [0.5, 0.6) is 0 Å². The number of hydrogen-bond donors (Lipinski definition) is 2. The van der Waals surface area contributed by atoms with E-state index in [1.807, 2.05) is 0 Å². The van der Waals surface area contributed by atoms with Gasteiger partial charge in [0.25, 0.3) is 11.8 Å². The van der Waals surface area contributed by atoms with Crippen LogP contribution in [-0.4, -0.2) is 11.8 Å². The van der Waals surface area contributed by atoms with Crippen LogP contribution in [0.4, 0.5) is 0 Å². The minimum Gasteiger partial charge on any atom is -0.348 e. The molecule has 0 fully saturated rings. The Bertz CT molecular complexity index is 1120. The first-order valence-corrected chi connectivity index (χ1v) is 12.5. The van der Waals surface area contributed by atoms with E-state index in [9.17, 15) is 9.59 Å². The van der Waals surface area contributed by atoms with E-state index >= 15 is 0 Å². The minimum atomic E-state index is -0.225. The molecule has 4 heteroatoms. The standard InChI is InChI=1S/C30H32N2O2/c33-29(31-19-21-13-15-23-7-1-3-9-25(23)17-21)27-11-5-6-12-28(27)30(34)32-20-22-14-16-24-8-2-4-10-26(24)18-22/h5-6,11-18H,1-4,7-10,19-20H2,(H,31,33)(H,32,34). The fourth-order valence-corrected chi connectivity index (χ4v) is 5.23. The zero-order chi connectivity index (χ0) is 23.3. The molecule has 0 aliphatic heterocycles. The molecule has 2 N–H and O–H groups in total. The molecule has 0 saturated carbocycles. The first-order chi connectivity index (χ1) is 16.7. The van der Waals surface area contributed by atoms with Crippen LogP contribution in [0.2, 0.25) is 0 Å². The lowest BCUT2D eigenvalue weighted by atomic mass is 9.90. The molecular weight excluding hydrogens is 420 g/mol. The molecule has 0 spiro atoms. The van der Waals surface area contributed by atoms with Crippen LogP contribution < -0.4 is 10.6 Å². The molecule has 0 bridgehead atoms. The number of carbonyl (C=O) groups excluding carboxylic acids is 2. The molecule has 3 aromatic carbocycles. The summed E-state index contributed by atoms with van der Waals surface area (Å²) in [6, 6.07) is 20.0. The van der Waals surface area contributed by atoms with Crippen molar-refractivity contribution >= 4 is 11.8 Å². The summed E-state index contributed by atoms with van der Waals surface area (Å²) >= 11 is 0. The van der Waals surface area contributed by atoms with Crippen molar-refractivity contribution in [2.24, 2.45) is 0 Å². The van der Waals surface area contributed by atoms with Crippen molar-refractivity contribution in [2.45, 2.75) is 64.5 Å². The van der Waals surface area contributed by atoms with Gasteiger partial charge < -0.3 is 10.6 Å². The van der Waals surface area contributed by atoms with Crippen molar-refractivity contribution in [1.29, 1.82) is 0 Å². The van der Waals surface area contributed by atoms with Crippen LogP contribution in [0.1, 0.15) is 79.8 Å². The molecule has 2 aliphatic rings. The van der Waals surface area contributed by atoms with Crippen LogP contribution >= 0.6 is 0 Å². The Morgan fingerprint density at radius 3 is 1.41 bits per heavy atom. The highest BCUT2D eigenvalue weighted by atomic mass is 16.2. The van der Waals surface area contributed by atoms with Gasteiger partial charge in [-0.05, 0) is 96.9 Å². The average Bonchev–Trinajstić information content (AvgIpc) is 2.90. The molecule has 0 heterocycles. The van der Waals surface area contributed by atoms with E-state index in [4.69, 9.17) is 0 Å². The topological polar surface area (TPSA) is 58.2 Å². The smallest absolute Gasteiger partial charge is 0.252 e. The van der Waals surface area contributed by atoms with Gasteiger partial charge in [-0.25, -0.2) is 0 Å². The Morgan fingerprint density at radius 2 is 0.971 bits per heavy atom. The van der Waals surface area contributed by atoms with Crippen molar-refractivity contribution in [1.82, 2.24) is 10.6 Å². The molecule has 0 radical (unpaired) electrons. The van der Waals surface area contributed by atoms with Gasteiger partial charge >= 0.3 is 0 Å². The van der Waals surface area contributed by atoms with E-state index < -0.39 is 0 Å². The van der Waals surface area contributed by atoms with Gasteiger partial charge in [0.2, 0.25) is 0 Å². The predicted molar refractivity (Wildman–Crippen MR) is 135 cm³/mol. The molecule has 5 rings (SSSR count). The summed E-state index contributed by atoms with van der Waals surface area (Å²) in [4.78, 5) is 26.0. The zero-order valence-corrected chi connectivity index (χ0v) is 19.7. The second kappa shape index (κ2) is 10.3. The number of carbonyl (C=O) groups is 2. The normalized spacial score (nSPS) is 14.6. The molecule has 0 saturated heterocycles. The SMILES string of the molecule is O=C(NCc1ccc2c(c1)CCCC2)c1ccccc1C(=O)NCc1ccc2c(c1)CCCC2. The van der Waals surface area contributed by atoms with E-state index in [2.05, 4.69) is 47.0 Å². The van der Waals surface area contributed by atoms with E-state index in [1.165, 1.54) is 47.9 Å². The lowest BCUT2D eigenvalue weighted by Crippen LogP contribution is -2.29. The summed E-state index contributed by atoms with van der Waals surface area (Å²) in [5, 5.41) is 6.01. The van der Waals surface area contributed by atoms with E-state index in [-0.39, 0.29) is 11.8 Å². The van der Waals surface area contributed by atoms with Gasteiger partial charge in [-0.15, -0.1) is 0 Å². The summed E-state index contributed by atoms with van der Waals surface area (Å²) in [5.74, 6) is -0.450. The summed E-state index contributed by atoms with van der Waals surface area (Å²) in [6.07, 6.45) is 9.51. The summed E-state index contributed by atoms with van der Waals surface area (Å²) in [6.45, 7) is 0.911. The largest absolute Gasteiger partial charge is 0.348 e. The van der Waals surface area contributed by atoms with Gasteiger partial charge in [0, 0.05) is 13.1 Å². The average molecular weight is 453 g/mol. The molecule has 174 valence electrons. The third-order valence-corrected chi connectivity index (χ3v) is 7.15. The molecule has 0 aromatic heterocycles. The predicted octanol–water partition coefficient (Wildman–Crippen LogP) is 5.30. The fraction of sp³-hybridized carbons (Fsp3) is 0.333. The van der Waals surface area contributed by atoms with Crippen LogP contribution in [0.15, 0.2) is 60.7 Å². The molecule has 3 aromatic rings. The summed E-state index contributed by atoms with van der Waals surface area (Å²) in [7, 11) is 0. The zero-order valence-electron chi connectivity index (χ0n) is 19.7. The maximum atomic E-state index is 13.0. The van der Waals surface area contributed by atoms with Crippen molar-refractivity contribution in [3.05, 3.63) is 105 Å². The number of benzene rings is 3. The Balaban J connectivity index is 1.22. The van der Waals surface area contributed by atoms with Gasteiger partial charge in [-0.2, -0.15) is 0 Å². The second-order valence-corrected chi connectivity index (χ2v) is 9.53.